The molecule has 2 aliphatic rings. The fourth-order valence-corrected chi connectivity index (χ4v) is 2.76. The number of ether oxygens (including phenoxy) is 2. The highest BCUT2D eigenvalue weighted by molar-refractivity contribution is 5.96. The first-order valence-electron chi connectivity index (χ1n) is 8.73. The second-order valence-electron chi connectivity index (χ2n) is 7.20. The number of carbonyl (C=O) groups is 2. The Morgan fingerprint density at radius 1 is 1.20 bits per heavy atom. The van der Waals surface area contributed by atoms with Crippen molar-refractivity contribution in [2.75, 3.05) is 26.7 Å². The van der Waals surface area contributed by atoms with Crippen LogP contribution in [0.25, 0.3) is 0 Å². The summed E-state index contributed by atoms with van der Waals surface area (Å²) in [6.07, 6.45) is 2.94. The molecule has 25 heavy (non-hydrogen) atoms. The number of hydrogen-bond donors (Lipinski definition) is 1. The lowest BCUT2D eigenvalue weighted by Gasteiger charge is -2.23. The Kier molecular flexibility index (Phi) is 6.28. The van der Waals surface area contributed by atoms with Gasteiger partial charge in [0.15, 0.2) is 0 Å². The number of carbonyl (C=O) groups excluding carboxylic acids is 2. The van der Waals surface area contributed by atoms with Crippen molar-refractivity contribution >= 4 is 12.0 Å². The lowest BCUT2D eigenvalue weighted by atomic mass is 10.0. The van der Waals surface area contributed by atoms with E-state index in [0.717, 1.165) is 55.8 Å². The van der Waals surface area contributed by atoms with Crippen LogP contribution >= 0.6 is 0 Å². The molecule has 3 rings (SSSR count). The highest BCUT2D eigenvalue weighted by Crippen LogP contribution is 2.20. The Labute approximate surface area is 149 Å². The van der Waals surface area contributed by atoms with Crippen molar-refractivity contribution in [3.05, 3.63) is 29.3 Å². The van der Waals surface area contributed by atoms with Crippen molar-refractivity contribution in [3.8, 4) is 5.75 Å². The molecule has 2 aliphatic heterocycles. The van der Waals surface area contributed by atoms with Crippen molar-refractivity contribution in [2.45, 2.75) is 45.6 Å². The summed E-state index contributed by atoms with van der Waals surface area (Å²) in [4.78, 5) is 24.5. The van der Waals surface area contributed by atoms with Gasteiger partial charge in [0.05, 0.1) is 7.11 Å². The molecule has 0 radical (unpaired) electrons. The van der Waals surface area contributed by atoms with Crippen LogP contribution in [-0.4, -0.2) is 49.2 Å². The van der Waals surface area contributed by atoms with Crippen LogP contribution < -0.4 is 10.1 Å². The van der Waals surface area contributed by atoms with Crippen molar-refractivity contribution < 1.29 is 19.1 Å². The molecule has 0 aliphatic carbocycles. The van der Waals surface area contributed by atoms with Gasteiger partial charge >= 0.3 is 6.09 Å². The van der Waals surface area contributed by atoms with E-state index in [4.69, 9.17) is 9.47 Å². The van der Waals surface area contributed by atoms with Gasteiger partial charge in [0.25, 0.3) is 5.91 Å². The minimum absolute atomic E-state index is 0.0175. The number of fused-ring (bicyclic) bond motifs is 1. The minimum Gasteiger partial charge on any atom is -0.497 e. The largest absolute Gasteiger partial charge is 0.497 e. The SMILES string of the molecule is CC(C)(C)OC(=O)N1CCCC1.COc1ccc2c(c1)CCNC2=O. The summed E-state index contributed by atoms with van der Waals surface area (Å²) in [5.74, 6) is 0.831. The highest BCUT2D eigenvalue weighted by atomic mass is 16.6. The number of hydrogen-bond acceptors (Lipinski definition) is 4. The fourth-order valence-electron chi connectivity index (χ4n) is 2.76. The molecule has 1 aromatic carbocycles. The van der Waals surface area contributed by atoms with Gasteiger partial charge in [-0.3, -0.25) is 4.79 Å². The lowest BCUT2D eigenvalue weighted by molar-refractivity contribution is 0.0295. The second kappa shape index (κ2) is 8.23. The molecule has 1 saturated heterocycles. The molecule has 1 N–H and O–H groups in total. The number of nitrogens with zero attached hydrogens (tertiary/aromatic N) is 1. The van der Waals surface area contributed by atoms with Crippen molar-refractivity contribution in [1.82, 2.24) is 10.2 Å². The number of methoxy groups -OCH3 is 1. The quantitative estimate of drug-likeness (QED) is 0.847. The third-order valence-electron chi connectivity index (χ3n) is 3.99. The minimum atomic E-state index is -0.361. The maximum absolute atomic E-state index is 11.4. The first kappa shape index (κ1) is 19.1. The molecule has 1 fully saturated rings. The van der Waals surface area contributed by atoms with Crippen LogP contribution in [-0.2, 0) is 11.2 Å². The average Bonchev–Trinajstić information content (AvgIpc) is 3.08. The lowest BCUT2D eigenvalue weighted by Crippen LogP contribution is -2.34. The van der Waals surface area contributed by atoms with E-state index in [9.17, 15) is 9.59 Å². The number of benzene rings is 1. The van der Waals surface area contributed by atoms with Crippen molar-refractivity contribution in [2.24, 2.45) is 0 Å². The Morgan fingerprint density at radius 2 is 1.88 bits per heavy atom. The van der Waals surface area contributed by atoms with Gasteiger partial charge < -0.3 is 19.7 Å². The van der Waals surface area contributed by atoms with Crippen LogP contribution in [0.2, 0.25) is 0 Å². The molecule has 1 aromatic rings. The normalized spacial score (nSPS) is 16.3. The number of amides is 2. The Morgan fingerprint density at radius 3 is 2.48 bits per heavy atom. The monoisotopic (exact) mass is 348 g/mol. The molecule has 6 nitrogen and oxygen atoms in total. The zero-order chi connectivity index (χ0) is 18.4. The molecule has 0 unspecified atom stereocenters. The number of nitrogens with one attached hydrogen (secondary N) is 1. The van der Waals surface area contributed by atoms with Gasteiger partial charge in [-0.05, 0) is 63.8 Å². The van der Waals surface area contributed by atoms with Gasteiger partial charge in [-0.2, -0.15) is 0 Å². The summed E-state index contributed by atoms with van der Waals surface area (Å²) in [7, 11) is 1.63. The molecule has 0 aromatic heterocycles. The summed E-state index contributed by atoms with van der Waals surface area (Å²) < 4.78 is 10.3. The van der Waals surface area contributed by atoms with Gasteiger partial charge in [-0.15, -0.1) is 0 Å². The molecule has 138 valence electrons. The number of rotatable bonds is 1. The predicted octanol–water partition coefficient (Wildman–Crippen LogP) is 3.00. The van der Waals surface area contributed by atoms with E-state index in [1.807, 2.05) is 39.0 Å². The van der Waals surface area contributed by atoms with Gasteiger partial charge in [-0.1, -0.05) is 0 Å². The van der Waals surface area contributed by atoms with Crippen LogP contribution in [0.3, 0.4) is 0 Å². The smallest absolute Gasteiger partial charge is 0.410 e. The maximum atomic E-state index is 11.4. The van der Waals surface area contributed by atoms with Crippen molar-refractivity contribution in [1.29, 1.82) is 0 Å². The zero-order valence-corrected chi connectivity index (χ0v) is 15.6. The topological polar surface area (TPSA) is 67.9 Å². The van der Waals surface area contributed by atoms with Gasteiger partial charge in [-0.25, -0.2) is 4.79 Å². The third-order valence-corrected chi connectivity index (χ3v) is 3.99. The zero-order valence-electron chi connectivity index (χ0n) is 15.6. The Bertz CT molecular complexity index is 616. The van der Waals surface area contributed by atoms with Crippen LogP contribution in [0.5, 0.6) is 5.75 Å². The summed E-state index contributed by atoms with van der Waals surface area (Å²) in [6.45, 7) is 8.10. The van der Waals surface area contributed by atoms with Crippen LogP contribution in [0.4, 0.5) is 4.79 Å². The van der Waals surface area contributed by atoms with E-state index in [1.54, 1.807) is 12.0 Å². The van der Waals surface area contributed by atoms with Gasteiger partial charge in [0.2, 0.25) is 0 Å². The van der Waals surface area contributed by atoms with Crippen LogP contribution in [0.1, 0.15) is 49.5 Å². The van der Waals surface area contributed by atoms with Gasteiger partial charge in [0.1, 0.15) is 11.4 Å². The molecular formula is C19H28N2O4. The number of likely N-dealkylation sites (tertiary alicyclic amines) is 1. The summed E-state index contributed by atoms with van der Waals surface area (Å²) in [5.41, 5.74) is 1.48. The maximum Gasteiger partial charge on any atom is 0.410 e. The Balaban J connectivity index is 0.000000181. The standard InChI is InChI=1S/C10H11NO2.C9H17NO2/c1-13-8-2-3-9-7(6-8)4-5-11-10(9)12;1-9(2,3)12-8(11)10-6-4-5-7-10/h2-3,6H,4-5H2,1H3,(H,11,12);4-7H2,1-3H3. The summed E-state index contributed by atoms with van der Waals surface area (Å²) >= 11 is 0. The fraction of sp³-hybridized carbons (Fsp3) is 0.579. The average molecular weight is 348 g/mol. The predicted molar refractivity (Wildman–Crippen MR) is 96.1 cm³/mol. The van der Waals surface area contributed by atoms with E-state index in [-0.39, 0.29) is 17.6 Å². The van der Waals surface area contributed by atoms with E-state index in [0.29, 0.717) is 0 Å². The molecular weight excluding hydrogens is 320 g/mol. The first-order chi connectivity index (χ1) is 11.8. The molecule has 0 saturated carbocycles. The van der Waals surface area contributed by atoms with E-state index >= 15 is 0 Å². The van der Waals surface area contributed by atoms with Crippen LogP contribution in [0, 0.1) is 0 Å². The van der Waals surface area contributed by atoms with Gasteiger partial charge in [0, 0.05) is 25.2 Å². The molecule has 0 bridgehead atoms. The second-order valence-corrected chi connectivity index (χ2v) is 7.20. The molecule has 2 amide bonds. The molecule has 6 heteroatoms. The molecule has 2 heterocycles. The highest BCUT2D eigenvalue weighted by Gasteiger charge is 2.23. The first-order valence-corrected chi connectivity index (χ1v) is 8.73. The van der Waals surface area contributed by atoms with E-state index in [2.05, 4.69) is 5.32 Å². The molecule has 0 spiro atoms. The molecule has 0 atom stereocenters. The summed E-state index contributed by atoms with van der Waals surface area (Å²) in [6, 6.07) is 5.54. The van der Waals surface area contributed by atoms with E-state index in [1.165, 1.54) is 0 Å². The van der Waals surface area contributed by atoms with Crippen molar-refractivity contribution in [3.63, 3.8) is 0 Å². The third kappa shape index (κ3) is 5.66. The van der Waals surface area contributed by atoms with E-state index < -0.39 is 0 Å². The summed E-state index contributed by atoms with van der Waals surface area (Å²) in [5, 5.41) is 2.80. The Hall–Kier alpha value is -2.24. The van der Waals surface area contributed by atoms with Crippen LogP contribution in [0.15, 0.2) is 18.2 Å².